The minimum absolute atomic E-state index is 0.0216. The van der Waals surface area contributed by atoms with Crippen LogP contribution in [0.2, 0.25) is 0 Å². The van der Waals surface area contributed by atoms with Crippen molar-refractivity contribution in [1.29, 1.82) is 0 Å². The van der Waals surface area contributed by atoms with Crippen LogP contribution in [0, 0.1) is 23.5 Å². The van der Waals surface area contributed by atoms with Gasteiger partial charge in [-0.2, -0.15) is 0 Å². The first kappa shape index (κ1) is 11.2. The normalized spacial score (nSPS) is 23.2. The molecule has 2 unspecified atom stereocenters. The van der Waals surface area contributed by atoms with E-state index in [1.165, 1.54) is 0 Å². The molecule has 2 atom stereocenters. The third-order valence-corrected chi connectivity index (χ3v) is 3.21. The van der Waals surface area contributed by atoms with Crippen molar-refractivity contribution < 1.29 is 8.78 Å². The highest BCUT2D eigenvalue weighted by Crippen LogP contribution is 2.39. The molecule has 0 amide bonds. The van der Waals surface area contributed by atoms with Gasteiger partial charge in [-0.25, -0.2) is 8.78 Å². The zero-order valence-electron chi connectivity index (χ0n) is 9.50. The molecule has 1 fully saturated rings. The minimum Gasteiger partial charge on any atom is -0.399 e. The Hall–Kier alpha value is -1.32. The molecule has 4 heteroatoms. The second kappa shape index (κ2) is 3.92. The van der Waals surface area contributed by atoms with Crippen molar-refractivity contribution in [3.8, 4) is 0 Å². The van der Waals surface area contributed by atoms with Gasteiger partial charge in [0.15, 0.2) is 11.6 Å². The highest BCUT2D eigenvalue weighted by Gasteiger charge is 2.34. The molecule has 0 aliphatic heterocycles. The van der Waals surface area contributed by atoms with E-state index in [-0.39, 0.29) is 11.4 Å². The van der Waals surface area contributed by atoms with Crippen molar-refractivity contribution in [3.63, 3.8) is 0 Å². The first-order valence-corrected chi connectivity index (χ1v) is 5.44. The van der Waals surface area contributed by atoms with Crippen LogP contribution in [0.3, 0.4) is 0 Å². The number of benzene rings is 1. The van der Waals surface area contributed by atoms with Crippen LogP contribution in [-0.4, -0.2) is 13.6 Å². The summed E-state index contributed by atoms with van der Waals surface area (Å²) in [5.74, 6) is 0.0466. The number of nitrogens with zero attached hydrogens (tertiary/aromatic N) is 1. The number of hydrogen-bond donors (Lipinski definition) is 1. The molecule has 1 aliphatic carbocycles. The van der Waals surface area contributed by atoms with E-state index in [1.807, 2.05) is 0 Å². The van der Waals surface area contributed by atoms with E-state index >= 15 is 0 Å². The number of halogens is 2. The molecular formula is C12H16F2N2. The number of rotatable bonds is 3. The van der Waals surface area contributed by atoms with Gasteiger partial charge >= 0.3 is 0 Å². The molecule has 0 heterocycles. The molecule has 88 valence electrons. The van der Waals surface area contributed by atoms with Crippen LogP contribution in [0.1, 0.15) is 13.3 Å². The second-order valence-corrected chi connectivity index (χ2v) is 4.69. The van der Waals surface area contributed by atoms with E-state index in [9.17, 15) is 8.78 Å². The van der Waals surface area contributed by atoms with Gasteiger partial charge in [0, 0.05) is 19.3 Å². The van der Waals surface area contributed by atoms with E-state index in [0.717, 1.165) is 18.6 Å². The summed E-state index contributed by atoms with van der Waals surface area (Å²) in [6.45, 7) is 2.84. The standard InChI is InChI=1S/C12H16F2N2/c1-7-3-8(7)6-16(2)12-10(13)4-9(15)5-11(12)14/h4-5,7-8H,3,6,15H2,1-2H3. The molecule has 1 aliphatic rings. The van der Waals surface area contributed by atoms with Crippen molar-refractivity contribution in [1.82, 2.24) is 0 Å². The predicted molar refractivity (Wildman–Crippen MR) is 61.3 cm³/mol. The Bertz CT molecular complexity index is 383. The Morgan fingerprint density at radius 2 is 1.88 bits per heavy atom. The molecule has 0 radical (unpaired) electrons. The van der Waals surface area contributed by atoms with Crippen molar-refractivity contribution >= 4 is 11.4 Å². The number of nitrogen functional groups attached to an aromatic ring is 1. The number of nitrogens with two attached hydrogens (primary N) is 1. The summed E-state index contributed by atoms with van der Waals surface area (Å²) in [4.78, 5) is 1.64. The van der Waals surface area contributed by atoms with Crippen molar-refractivity contribution in [2.45, 2.75) is 13.3 Å². The third kappa shape index (κ3) is 2.10. The summed E-state index contributed by atoms with van der Waals surface area (Å²) in [5, 5.41) is 0. The lowest BCUT2D eigenvalue weighted by Crippen LogP contribution is -2.23. The molecule has 0 aromatic heterocycles. The predicted octanol–water partition coefficient (Wildman–Crippen LogP) is 2.64. The van der Waals surface area contributed by atoms with Gasteiger partial charge in [0.1, 0.15) is 5.69 Å². The van der Waals surface area contributed by atoms with Crippen LogP contribution < -0.4 is 10.6 Å². The Morgan fingerprint density at radius 1 is 1.38 bits per heavy atom. The molecule has 0 bridgehead atoms. The average molecular weight is 226 g/mol. The second-order valence-electron chi connectivity index (χ2n) is 4.69. The maximum Gasteiger partial charge on any atom is 0.151 e. The largest absolute Gasteiger partial charge is 0.399 e. The smallest absolute Gasteiger partial charge is 0.151 e. The fraction of sp³-hybridized carbons (Fsp3) is 0.500. The summed E-state index contributed by atoms with van der Waals surface area (Å²) in [5.41, 5.74) is 5.50. The van der Waals surface area contributed by atoms with Crippen LogP contribution in [0.5, 0.6) is 0 Å². The summed E-state index contributed by atoms with van der Waals surface area (Å²) in [6, 6.07) is 2.32. The first-order valence-electron chi connectivity index (χ1n) is 5.44. The van der Waals surface area contributed by atoms with Crippen molar-refractivity contribution in [2.24, 2.45) is 11.8 Å². The van der Waals surface area contributed by atoms with Gasteiger partial charge in [-0.3, -0.25) is 0 Å². The summed E-state index contributed by atoms with van der Waals surface area (Å²) in [7, 11) is 1.71. The fourth-order valence-corrected chi connectivity index (χ4v) is 2.05. The minimum atomic E-state index is -0.590. The topological polar surface area (TPSA) is 29.3 Å². The van der Waals surface area contributed by atoms with E-state index in [1.54, 1.807) is 11.9 Å². The fourth-order valence-electron chi connectivity index (χ4n) is 2.05. The maximum atomic E-state index is 13.6. The Morgan fingerprint density at radius 3 is 2.31 bits per heavy atom. The van der Waals surface area contributed by atoms with Gasteiger partial charge in [0.25, 0.3) is 0 Å². The third-order valence-electron chi connectivity index (χ3n) is 3.21. The monoisotopic (exact) mass is 226 g/mol. The Labute approximate surface area is 94.0 Å². The molecule has 16 heavy (non-hydrogen) atoms. The average Bonchev–Trinajstić information content (AvgIpc) is 2.79. The SMILES string of the molecule is CC1CC1CN(C)c1c(F)cc(N)cc1F. The Kier molecular flexibility index (Phi) is 2.74. The van der Waals surface area contributed by atoms with E-state index in [4.69, 9.17) is 5.73 Å². The lowest BCUT2D eigenvalue weighted by atomic mass is 10.2. The van der Waals surface area contributed by atoms with Gasteiger partial charge in [0.2, 0.25) is 0 Å². The summed E-state index contributed by atoms with van der Waals surface area (Å²) < 4.78 is 27.1. The molecule has 1 aromatic carbocycles. The zero-order chi connectivity index (χ0) is 11.9. The van der Waals surface area contributed by atoms with Gasteiger partial charge in [-0.05, 0) is 30.4 Å². The van der Waals surface area contributed by atoms with Crippen LogP contribution >= 0.6 is 0 Å². The molecule has 0 spiro atoms. The van der Waals surface area contributed by atoms with Crippen molar-refractivity contribution in [2.75, 3.05) is 24.2 Å². The number of hydrogen-bond acceptors (Lipinski definition) is 2. The van der Waals surface area contributed by atoms with Crippen molar-refractivity contribution in [3.05, 3.63) is 23.8 Å². The molecule has 1 aromatic rings. The van der Waals surface area contributed by atoms with Crippen LogP contribution in [0.25, 0.3) is 0 Å². The summed E-state index contributed by atoms with van der Waals surface area (Å²) in [6.07, 6.45) is 1.14. The zero-order valence-corrected chi connectivity index (χ0v) is 9.50. The highest BCUT2D eigenvalue weighted by atomic mass is 19.1. The molecule has 2 rings (SSSR count). The number of anilines is 2. The molecule has 2 N–H and O–H groups in total. The van der Waals surface area contributed by atoms with Gasteiger partial charge < -0.3 is 10.6 Å². The maximum absolute atomic E-state index is 13.6. The first-order chi connectivity index (χ1) is 7.49. The van der Waals surface area contributed by atoms with Gasteiger partial charge in [-0.1, -0.05) is 6.92 Å². The van der Waals surface area contributed by atoms with E-state index in [0.29, 0.717) is 18.4 Å². The van der Waals surface area contributed by atoms with Crippen LogP contribution in [-0.2, 0) is 0 Å². The molecule has 1 saturated carbocycles. The molecule has 2 nitrogen and oxygen atoms in total. The lowest BCUT2D eigenvalue weighted by molar-refractivity contribution is 0.572. The highest BCUT2D eigenvalue weighted by molar-refractivity contribution is 5.55. The molecule has 0 saturated heterocycles. The van der Waals surface area contributed by atoms with Gasteiger partial charge in [-0.15, -0.1) is 0 Å². The lowest BCUT2D eigenvalue weighted by Gasteiger charge is -2.20. The van der Waals surface area contributed by atoms with E-state index in [2.05, 4.69) is 6.92 Å². The van der Waals surface area contributed by atoms with Crippen LogP contribution in [0.4, 0.5) is 20.2 Å². The molecular weight excluding hydrogens is 210 g/mol. The Balaban J connectivity index is 2.18. The van der Waals surface area contributed by atoms with Crippen LogP contribution in [0.15, 0.2) is 12.1 Å². The van der Waals surface area contributed by atoms with Gasteiger partial charge in [0.05, 0.1) is 0 Å². The van der Waals surface area contributed by atoms with E-state index < -0.39 is 11.6 Å². The summed E-state index contributed by atoms with van der Waals surface area (Å²) >= 11 is 0. The quantitative estimate of drug-likeness (QED) is 0.803.